The average molecular weight is 613 g/mol. The van der Waals surface area contributed by atoms with Crippen LogP contribution in [0.3, 0.4) is 0 Å². The third kappa shape index (κ3) is 3.43. The summed E-state index contributed by atoms with van der Waals surface area (Å²) in [4.78, 5) is 10.4. The highest BCUT2D eigenvalue weighted by Gasteiger charge is 2.23. The van der Waals surface area contributed by atoms with Gasteiger partial charge in [0.2, 0.25) is 0 Å². The predicted octanol–water partition coefficient (Wildman–Crippen LogP) is 12.2. The van der Waals surface area contributed by atoms with Crippen molar-refractivity contribution in [3.05, 3.63) is 146 Å². The van der Waals surface area contributed by atoms with E-state index in [1.807, 2.05) is 30.5 Å². The lowest BCUT2D eigenvalue weighted by atomic mass is 9.90. The molecule has 4 heteroatoms. The molecule has 0 bridgehead atoms. The van der Waals surface area contributed by atoms with Gasteiger partial charge >= 0.3 is 0 Å². The van der Waals surface area contributed by atoms with Crippen LogP contribution in [-0.4, -0.2) is 9.97 Å². The highest BCUT2D eigenvalue weighted by atomic mass is 16.3. The fourth-order valence-electron chi connectivity index (χ4n) is 7.81. The summed E-state index contributed by atoms with van der Waals surface area (Å²) in [6, 6.07) is 48.5. The predicted molar refractivity (Wildman–Crippen MR) is 197 cm³/mol. The van der Waals surface area contributed by atoms with Crippen molar-refractivity contribution in [1.82, 2.24) is 9.97 Å². The van der Waals surface area contributed by atoms with Gasteiger partial charge in [-0.25, -0.2) is 4.98 Å². The quantitative estimate of drug-likeness (QED) is 0.182. The minimum Gasteiger partial charge on any atom is -0.456 e. The second-order valence-electron chi connectivity index (χ2n) is 12.4. The lowest BCUT2D eigenvalue weighted by Crippen LogP contribution is -1.94. The smallest absolute Gasteiger partial charge is 0.144 e. The van der Waals surface area contributed by atoms with Crippen LogP contribution in [0.1, 0.15) is 0 Å². The molecule has 0 unspecified atom stereocenters. The molecular formula is C44H24N2O2. The first-order chi connectivity index (χ1) is 23.8. The van der Waals surface area contributed by atoms with E-state index in [-0.39, 0.29) is 0 Å². The summed E-state index contributed by atoms with van der Waals surface area (Å²) in [5.74, 6) is 0. The second-order valence-corrected chi connectivity index (χ2v) is 12.4. The van der Waals surface area contributed by atoms with Crippen LogP contribution in [-0.2, 0) is 0 Å². The maximum atomic E-state index is 6.69. The Morgan fingerprint density at radius 1 is 0.396 bits per heavy atom. The normalized spacial score (nSPS) is 12.2. The number of para-hydroxylation sites is 2. The van der Waals surface area contributed by atoms with Gasteiger partial charge in [-0.15, -0.1) is 0 Å². The van der Waals surface area contributed by atoms with Crippen LogP contribution >= 0.6 is 0 Å². The molecule has 0 N–H and O–H groups in total. The first kappa shape index (κ1) is 25.6. The molecule has 48 heavy (non-hydrogen) atoms. The van der Waals surface area contributed by atoms with E-state index in [0.717, 1.165) is 98.8 Å². The summed E-state index contributed by atoms with van der Waals surface area (Å²) in [7, 11) is 0. The number of hydrogen-bond donors (Lipinski definition) is 0. The zero-order valence-electron chi connectivity index (χ0n) is 25.6. The molecule has 0 aliphatic carbocycles. The van der Waals surface area contributed by atoms with Gasteiger partial charge in [0, 0.05) is 43.4 Å². The van der Waals surface area contributed by atoms with Gasteiger partial charge in [-0.1, -0.05) is 121 Å². The zero-order valence-corrected chi connectivity index (χ0v) is 25.6. The third-order valence-corrected chi connectivity index (χ3v) is 9.91. The van der Waals surface area contributed by atoms with Gasteiger partial charge in [0.05, 0.1) is 22.9 Å². The van der Waals surface area contributed by atoms with Crippen LogP contribution in [0, 0.1) is 0 Å². The summed E-state index contributed by atoms with van der Waals surface area (Å²) >= 11 is 0. The Hall–Kier alpha value is -6.52. The number of aromatic nitrogens is 2. The molecule has 0 radical (unpaired) electrons. The lowest BCUT2D eigenvalue weighted by Gasteiger charge is -2.14. The van der Waals surface area contributed by atoms with E-state index in [4.69, 9.17) is 18.8 Å². The van der Waals surface area contributed by atoms with Gasteiger partial charge in [-0.3, -0.25) is 4.98 Å². The fraction of sp³-hybridized carbons (Fsp3) is 0. The second kappa shape index (κ2) is 9.50. The molecule has 3 aromatic heterocycles. The standard InChI is InChI=1S/C44H24N2O2/c1-2-12-26-25(11-1)29(36-24-45-42-32-16-5-3-13-27(32)28-14-4-6-17-33(28)43(42)46-36)21-22-31(26)41-40-34-18-8-10-20-38(34)47-39(40)23-35-30-15-7-9-19-37(30)48-44(35)41/h1-24H. The van der Waals surface area contributed by atoms with Crippen LogP contribution in [0.4, 0.5) is 0 Å². The fourth-order valence-corrected chi connectivity index (χ4v) is 7.81. The Morgan fingerprint density at radius 3 is 1.67 bits per heavy atom. The van der Waals surface area contributed by atoms with Crippen molar-refractivity contribution in [3.8, 4) is 22.4 Å². The van der Waals surface area contributed by atoms with E-state index in [9.17, 15) is 0 Å². The summed E-state index contributed by atoms with van der Waals surface area (Å²) in [6.07, 6.45) is 1.92. The maximum Gasteiger partial charge on any atom is 0.144 e. The number of rotatable bonds is 2. The van der Waals surface area contributed by atoms with Crippen LogP contribution in [0.25, 0.3) is 110 Å². The number of nitrogens with zero attached hydrogens (tertiary/aromatic N) is 2. The summed E-state index contributed by atoms with van der Waals surface area (Å²) < 4.78 is 13.2. The van der Waals surface area contributed by atoms with Crippen molar-refractivity contribution in [2.45, 2.75) is 0 Å². The van der Waals surface area contributed by atoms with E-state index < -0.39 is 0 Å². The Balaban J connectivity index is 1.23. The third-order valence-electron chi connectivity index (χ3n) is 9.91. The van der Waals surface area contributed by atoms with Gasteiger partial charge in [-0.2, -0.15) is 0 Å². The van der Waals surface area contributed by atoms with E-state index >= 15 is 0 Å². The van der Waals surface area contributed by atoms with Crippen molar-refractivity contribution >= 4 is 87.2 Å². The van der Waals surface area contributed by atoms with Crippen molar-refractivity contribution in [2.24, 2.45) is 0 Å². The first-order valence-electron chi connectivity index (χ1n) is 16.2. The molecule has 11 aromatic rings. The van der Waals surface area contributed by atoms with Crippen molar-refractivity contribution in [3.63, 3.8) is 0 Å². The Morgan fingerprint density at radius 2 is 0.938 bits per heavy atom. The molecule has 222 valence electrons. The Bertz CT molecular complexity index is 3090. The van der Waals surface area contributed by atoms with Gasteiger partial charge in [0.1, 0.15) is 22.3 Å². The summed E-state index contributed by atoms with van der Waals surface area (Å²) in [5, 5.41) is 11.0. The van der Waals surface area contributed by atoms with Gasteiger partial charge in [0.15, 0.2) is 0 Å². The largest absolute Gasteiger partial charge is 0.456 e. The molecule has 8 aromatic carbocycles. The Labute approximate surface area is 273 Å². The highest BCUT2D eigenvalue weighted by Crippen LogP contribution is 2.47. The summed E-state index contributed by atoms with van der Waals surface area (Å²) in [6.45, 7) is 0. The first-order valence-corrected chi connectivity index (χ1v) is 16.2. The number of benzene rings is 8. The zero-order chi connectivity index (χ0) is 31.3. The van der Waals surface area contributed by atoms with E-state index in [2.05, 4.69) is 115 Å². The number of furan rings is 2. The van der Waals surface area contributed by atoms with Crippen molar-refractivity contribution in [1.29, 1.82) is 0 Å². The lowest BCUT2D eigenvalue weighted by molar-refractivity contribution is 0.664. The van der Waals surface area contributed by atoms with E-state index in [1.54, 1.807) is 0 Å². The van der Waals surface area contributed by atoms with Crippen LogP contribution < -0.4 is 0 Å². The highest BCUT2D eigenvalue weighted by molar-refractivity contribution is 6.26. The minimum atomic E-state index is 0.839. The maximum absolute atomic E-state index is 6.69. The monoisotopic (exact) mass is 612 g/mol. The average Bonchev–Trinajstić information content (AvgIpc) is 3.71. The molecule has 0 atom stereocenters. The molecule has 0 aliphatic rings. The van der Waals surface area contributed by atoms with Crippen LogP contribution in [0.15, 0.2) is 155 Å². The molecule has 0 spiro atoms. The van der Waals surface area contributed by atoms with Gasteiger partial charge in [0.25, 0.3) is 0 Å². The number of hydrogen-bond acceptors (Lipinski definition) is 4. The molecule has 0 saturated heterocycles. The molecule has 0 aliphatic heterocycles. The minimum absolute atomic E-state index is 0.839. The van der Waals surface area contributed by atoms with Gasteiger partial charge < -0.3 is 8.83 Å². The molecule has 0 amide bonds. The van der Waals surface area contributed by atoms with E-state index in [0.29, 0.717) is 0 Å². The number of fused-ring (bicyclic) bond motifs is 13. The van der Waals surface area contributed by atoms with Gasteiger partial charge in [-0.05, 0) is 45.3 Å². The Kier molecular flexibility index (Phi) is 5.08. The topological polar surface area (TPSA) is 52.1 Å². The molecule has 11 rings (SSSR count). The van der Waals surface area contributed by atoms with Crippen molar-refractivity contribution in [2.75, 3.05) is 0 Å². The van der Waals surface area contributed by atoms with Crippen LogP contribution in [0.5, 0.6) is 0 Å². The van der Waals surface area contributed by atoms with Crippen molar-refractivity contribution < 1.29 is 8.83 Å². The van der Waals surface area contributed by atoms with Crippen LogP contribution in [0.2, 0.25) is 0 Å². The molecular weight excluding hydrogens is 588 g/mol. The molecule has 0 fully saturated rings. The summed E-state index contributed by atoms with van der Waals surface area (Å²) in [5.41, 5.74) is 9.24. The molecule has 4 nitrogen and oxygen atoms in total. The SMILES string of the molecule is c1ccc2c(c1)oc1c(-c3ccc(-c4cnc5c6ccccc6c6ccccc6c5n4)c4ccccc34)c3c(cc12)oc1ccccc13. The van der Waals surface area contributed by atoms with E-state index in [1.165, 1.54) is 10.8 Å². The molecule has 0 saturated carbocycles. The molecule has 3 heterocycles.